The van der Waals surface area contributed by atoms with E-state index in [1.807, 2.05) is 32.0 Å². The molecule has 0 saturated heterocycles. The second-order valence-electron chi connectivity index (χ2n) is 6.27. The van der Waals surface area contributed by atoms with E-state index in [2.05, 4.69) is 15.3 Å². The minimum Gasteiger partial charge on any atom is -0.486 e. The number of nitrogens with one attached hydrogen (secondary N) is 2. The molecule has 2 aromatic rings. The highest BCUT2D eigenvalue weighted by molar-refractivity contribution is 7.99. The first kappa shape index (κ1) is 19.3. The molecule has 1 atom stereocenters. The van der Waals surface area contributed by atoms with E-state index in [9.17, 15) is 9.59 Å². The van der Waals surface area contributed by atoms with E-state index in [-0.39, 0.29) is 23.3 Å². The minimum absolute atomic E-state index is 0.133. The van der Waals surface area contributed by atoms with Crippen LogP contribution < -0.4 is 20.3 Å². The number of thioether (sulfide) groups is 1. The molecule has 0 bridgehead atoms. The predicted octanol–water partition coefficient (Wildman–Crippen LogP) is 2.46. The van der Waals surface area contributed by atoms with E-state index < -0.39 is 0 Å². The molecule has 27 heavy (non-hydrogen) atoms. The SMILES string of the molecule is CCCc1cc(=O)[nH]c(SCC(=O)NC(C)c2ccc3c(c2)OCCO3)n1. The summed E-state index contributed by atoms with van der Waals surface area (Å²) >= 11 is 1.22. The Hall–Kier alpha value is -2.48. The van der Waals surface area contributed by atoms with Gasteiger partial charge >= 0.3 is 0 Å². The summed E-state index contributed by atoms with van der Waals surface area (Å²) in [7, 11) is 0. The second kappa shape index (κ2) is 8.94. The Morgan fingerprint density at radius 2 is 2.07 bits per heavy atom. The number of carbonyl (C=O) groups excluding carboxylic acids is 1. The van der Waals surface area contributed by atoms with Crippen LogP contribution in [-0.2, 0) is 11.2 Å². The van der Waals surface area contributed by atoms with Gasteiger partial charge in [-0.2, -0.15) is 0 Å². The molecule has 144 valence electrons. The van der Waals surface area contributed by atoms with Crippen LogP contribution in [0.3, 0.4) is 0 Å². The third-order valence-electron chi connectivity index (χ3n) is 4.06. The van der Waals surface area contributed by atoms with E-state index in [1.54, 1.807) is 0 Å². The highest BCUT2D eigenvalue weighted by Gasteiger charge is 2.16. The van der Waals surface area contributed by atoms with Crippen LogP contribution in [0.1, 0.15) is 37.6 Å². The van der Waals surface area contributed by atoms with Crippen molar-refractivity contribution in [3.63, 3.8) is 0 Å². The molecule has 0 spiro atoms. The van der Waals surface area contributed by atoms with Crippen molar-refractivity contribution in [1.82, 2.24) is 15.3 Å². The molecule has 8 heteroatoms. The third-order valence-corrected chi connectivity index (χ3v) is 4.94. The Morgan fingerprint density at radius 3 is 2.85 bits per heavy atom. The van der Waals surface area contributed by atoms with Crippen LogP contribution in [0.15, 0.2) is 34.2 Å². The van der Waals surface area contributed by atoms with E-state index in [0.717, 1.165) is 29.8 Å². The van der Waals surface area contributed by atoms with Crippen LogP contribution in [0.25, 0.3) is 0 Å². The summed E-state index contributed by atoms with van der Waals surface area (Å²) < 4.78 is 11.1. The summed E-state index contributed by atoms with van der Waals surface area (Å²) in [6, 6.07) is 6.98. The summed E-state index contributed by atoms with van der Waals surface area (Å²) in [5, 5.41) is 3.42. The van der Waals surface area contributed by atoms with Gasteiger partial charge < -0.3 is 19.8 Å². The van der Waals surface area contributed by atoms with Gasteiger partial charge in [0.05, 0.1) is 11.8 Å². The van der Waals surface area contributed by atoms with Gasteiger partial charge in [-0.25, -0.2) is 4.98 Å². The maximum absolute atomic E-state index is 12.3. The lowest BCUT2D eigenvalue weighted by Gasteiger charge is -2.21. The number of benzene rings is 1. The number of aromatic amines is 1. The average Bonchev–Trinajstić information content (AvgIpc) is 2.66. The highest BCUT2D eigenvalue weighted by Crippen LogP contribution is 2.32. The van der Waals surface area contributed by atoms with Crippen LogP contribution in [0.4, 0.5) is 0 Å². The lowest BCUT2D eigenvalue weighted by atomic mass is 10.1. The van der Waals surface area contributed by atoms with Crippen molar-refractivity contribution in [3.05, 3.63) is 45.9 Å². The molecular formula is C19H23N3O4S. The van der Waals surface area contributed by atoms with Crippen LogP contribution in [0, 0.1) is 0 Å². The summed E-state index contributed by atoms with van der Waals surface area (Å²) in [6.07, 6.45) is 1.65. The molecule has 1 aliphatic rings. The summed E-state index contributed by atoms with van der Waals surface area (Å²) in [4.78, 5) is 31.0. The number of rotatable bonds is 7. The van der Waals surface area contributed by atoms with Crippen LogP contribution in [-0.4, -0.2) is 34.8 Å². The van der Waals surface area contributed by atoms with Crippen LogP contribution >= 0.6 is 11.8 Å². The minimum atomic E-state index is -0.194. The smallest absolute Gasteiger partial charge is 0.251 e. The summed E-state index contributed by atoms with van der Waals surface area (Å²) in [5.74, 6) is 1.46. The molecule has 0 aliphatic carbocycles. The van der Waals surface area contributed by atoms with Gasteiger partial charge in [-0.1, -0.05) is 31.2 Å². The standard InChI is InChI=1S/C19H23N3O4S/c1-3-4-14-10-17(23)22-19(21-14)27-11-18(24)20-12(2)13-5-6-15-16(9-13)26-8-7-25-15/h5-6,9-10,12H,3-4,7-8,11H2,1-2H3,(H,20,24)(H,21,22,23). The average molecular weight is 389 g/mol. The zero-order valence-corrected chi connectivity index (χ0v) is 16.2. The fraction of sp³-hybridized carbons (Fsp3) is 0.421. The Morgan fingerprint density at radius 1 is 1.30 bits per heavy atom. The maximum atomic E-state index is 12.3. The molecule has 3 rings (SSSR count). The Balaban J connectivity index is 1.57. The summed E-state index contributed by atoms with van der Waals surface area (Å²) in [5.41, 5.74) is 1.49. The number of carbonyl (C=O) groups is 1. The van der Waals surface area contributed by atoms with Crippen molar-refractivity contribution < 1.29 is 14.3 Å². The number of nitrogens with zero attached hydrogens (tertiary/aromatic N) is 1. The van der Waals surface area contributed by atoms with E-state index in [1.165, 1.54) is 17.8 Å². The zero-order valence-electron chi connectivity index (χ0n) is 15.4. The van der Waals surface area contributed by atoms with E-state index in [0.29, 0.717) is 24.1 Å². The molecule has 2 N–H and O–H groups in total. The second-order valence-corrected chi connectivity index (χ2v) is 7.24. The van der Waals surface area contributed by atoms with Crippen LogP contribution in [0.2, 0.25) is 0 Å². The lowest BCUT2D eigenvalue weighted by molar-refractivity contribution is -0.119. The van der Waals surface area contributed by atoms with Crippen LogP contribution in [0.5, 0.6) is 11.5 Å². The van der Waals surface area contributed by atoms with Gasteiger partial charge in [-0.15, -0.1) is 0 Å². The topological polar surface area (TPSA) is 93.3 Å². The molecule has 2 heterocycles. The number of hydrogen-bond acceptors (Lipinski definition) is 6. The molecule has 1 aromatic heterocycles. The van der Waals surface area contributed by atoms with Gasteiger partial charge in [0, 0.05) is 11.8 Å². The molecule has 1 amide bonds. The van der Waals surface area contributed by atoms with Crippen molar-refractivity contribution in [1.29, 1.82) is 0 Å². The van der Waals surface area contributed by atoms with Crippen molar-refractivity contribution in [3.8, 4) is 11.5 Å². The number of aryl methyl sites for hydroxylation is 1. The molecule has 7 nitrogen and oxygen atoms in total. The van der Waals surface area contributed by atoms with Crippen molar-refractivity contribution in [2.45, 2.75) is 37.9 Å². The van der Waals surface area contributed by atoms with Gasteiger partial charge in [0.15, 0.2) is 16.7 Å². The normalized spacial score (nSPS) is 13.9. The first-order chi connectivity index (χ1) is 13.0. The Labute approximate surface area is 161 Å². The number of amides is 1. The third kappa shape index (κ3) is 5.26. The van der Waals surface area contributed by atoms with E-state index in [4.69, 9.17) is 9.47 Å². The summed E-state index contributed by atoms with van der Waals surface area (Å²) in [6.45, 7) is 5.01. The van der Waals surface area contributed by atoms with Gasteiger partial charge in [-0.05, 0) is 31.0 Å². The number of ether oxygens (including phenoxy) is 2. The fourth-order valence-electron chi connectivity index (χ4n) is 2.77. The first-order valence-electron chi connectivity index (χ1n) is 8.97. The maximum Gasteiger partial charge on any atom is 0.251 e. The van der Waals surface area contributed by atoms with E-state index >= 15 is 0 Å². The number of hydrogen-bond donors (Lipinski definition) is 2. The number of aromatic nitrogens is 2. The lowest BCUT2D eigenvalue weighted by Crippen LogP contribution is -2.28. The first-order valence-corrected chi connectivity index (χ1v) is 9.95. The number of H-pyrrole nitrogens is 1. The zero-order chi connectivity index (χ0) is 19.2. The van der Waals surface area contributed by atoms with Crippen molar-refractivity contribution in [2.75, 3.05) is 19.0 Å². The van der Waals surface area contributed by atoms with Crippen molar-refractivity contribution >= 4 is 17.7 Å². The van der Waals surface area contributed by atoms with Gasteiger partial charge in [0.1, 0.15) is 13.2 Å². The number of fused-ring (bicyclic) bond motifs is 1. The van der Waals surface area contributed by atoms with Crippen molar-refractivity contribution in [2.24, 2.45) is 0 Å². The molecule has 0 fully saturated rings. The molecular weight excluding hydrogens is 366 g/mol. The molecule has 1 unspecified atom stereocenters. The van der Waals surface area contributed by atoms with Gasteiger partial charge in [-0.3, -0.25) is 9.59 Å². The monoisotopic (exact) mass is 389 g/mol. The highest BCUT2D eigenvalue weighted by atomic mass is 32.2. The Bertz CT molecular complexity index is 868. The molecule has 0 radical (unpaired) electrons. The van der Waals surface area contributed by atoms with Gasteiger partial charge in [0.2, 0.25) is 5.91 Å². The fourth-order valence-corrected chi connectivity index (χ4v) is 3.47. The Kier molecular flexibility index (Phi) is 6.39. The largest absolute Gasteiger partial charge is 0.486 e. The predicted molar refractivity (Wildman–Crippen MR) is 104 cm³/mol. The van der Waals surface area contributed by atoms with Gasteiger partial charge in [0.25, 0.3) is 5.56 Å². The quantitative estimate of drug-likeness (QED) is 0.558. The molecule has 1 aromatic carbocycles. The molecule has 1 aliphatic heterocycles. The molecule has 0 saturated carbocycles.